The van der Waals surface area contributed by atoms with E-state index in [4.69, 9.17) is 5.11 Å². The number of urea groups is 1. The van der Waals surface area contributed by atoms with E-state index in [1.54, 1.807) is 4.90 Å². The number of thioether (sulfide) groups is 1. The number of carboxylic acids is 1. The maximum Gasteiger partial charge on any atom is 0.323 e. The van der Waals surface area contributed by atoms with Crippen molar-refractivity contribution in [1.82, 2.24) is 9.80 Å². The van der Waals surface area contributed by atoms with Crippen molar-refractivity contribution in [2.75, 3.05) is 25.4 Å². The number of rotatable bonds is 3. The summed E-state index contributed by atoms with van der Waals surface area (Å²) >= 11 is 1.86. The highest BCUT2D eigenvalue weighted by atomic mass is 32.2. The molecule has 0 aromatic heterocycles. The van der Waals surface area contributed by atoms with Gasteiger partial charge in [-0.2, -0.15) is 11.8 Å². The summed E-state index contributed by atoms with van der Waals surface area (Å²) in [5, 5.41) is 8.89. The molecule has 5 nitrogen and oxygen atoms in total. The highest BCUT2D eigenvalue weighted by Gasteiger charge is 2.38. The number of hydrogen-bond donors (Lipinski definition) is 1. The Balaban J connectivity index is 2.01. The molecule has 0 spiro atoms. The second kappa shape index (κ2) is 4.99. The molecule has 6 heteroatoms. The summed E-state index contributed by atoms with van der Waals surface area (Å²) in [7, 11) is 0. The van der Waals surface area contributed by atoms with Crippen LogP contribution in [0.5, 0.6) is 0 Å². The molecule has 2 fully saturated rings. The van der Waals surface area contributed by atoms with Crippen molar-refractivity contribution in [3.63, 3.8) is 0 Å². The van der Waals surface area contributed by atoms with Crippen LogP contribution in [0, 0.1) is 0 Å². The molecule has 2 aliphatic rings. The van der Waals surface area contributed by atoms with Gasteiger partial charge in [0.05, 0.1) is 0 Å². The van der Waals surface area contributed by atoms with Crippen molar-refractivity contribution in [3.05, 3.63) is 0 Å². The molecule has 1 aliphatic heterocycles. The fourth-order valence-electron chi connectivity index (χ4n) is 2.25. The van der Waals surface area contributed by atoms with Crippen molar-refractivity contribution >= 4 is 23.8 Å². The highest BCUT2D eigenvalue weighted by molar-refractivity contribution is 8.00. The van der Waals surface area contributed by atoms with E-state index in [0.29, 0.717) is 6.54 Å². The second-order valence-corrected chi connectivity index (χ2v) is 7.37. The number of hydrogen-bond acceptors (Lipinski definition) is 3. The van der Waals surface area contributed by atoms with Gasteiger partial charge < -0.3 is 14.9 Å². The molecule has 0 aromatic carbocycles. The summed E-state index contributed by atoms with van der Waals surface area (Å²) in [6.45, 7) is 5.48. The second-order valence-electron chi connectivity index (χ2n) is 5.57. The van der Waals surface area contributed by atoms with Crippen LogP contribution in [0.15, 0.2) is 0 Å². The summed E-state index contributed by atoms with van der Waals surface area (Å²) in [5.74, 6) is -0.00878. The third kappa shape index (κ3) is 3.31. The maximum absolute atomic E-state index is 12.4. The molecule has 0 radical (unpaired) electrons. The summed E-state index contributed by atoms with van der Waals surface area (Å²) < 4.78 is 0.0619. The van der Waals surface area contributed by atoms with Crippen LogP contribution in [-0.2, 0) is 4.79 Å². The van der Waals surface area contributed by atoms with Gasteiger partial charge in [-0.15, -0.1) is 0 Å². The van der Waals surface area contributed by atoms with Gasteiger partial charge in [0.2, 0.25) is 0 Å². The molecule has 18 heavy (non-hydrogen) atoms. The number of carboxylic acid groups (broad SMARTS) is 1. The Morgan fingerprint density at radius 2 is 2.11 bits per heavy atom. The third-order valence-electron chi connectivity index (χ3n) is 3.24. The first-order chi connectivity index (χ1) is 8.39. The average Bonchev–Trinajstić information content (AvgIpc) is 3.07. The van der Waals surface area contributed by atoms with E-state index in [1.165, 1.54) is 4.90 Å². The monoisotopic (exact) mass is 272 g/mol. The number of carbonyl (C=O) groups is 2. The van der Waals surface area contributed by atoms with Gasteiger partial charge >= 0.3 is 12.0 Å². The van der Waals surface area contributed by atoms with E-state index in [9.17, 15) is 9.59 Å². The number of aliphatic carboxylic acids is 1. The van der Waals surface area contributed by atoms with Gasteiger partial charge in [0, 0.05) is 29.6 Å². The molecule has 1 saturated heterocycles. The van der Waals surface area contributed by atoms with Crippen LogP contribution >= 0.6 is 11.8 Å². The molecule has 2 amide bonds. The molecule has 1 heterocycles. The van der Waals surface area contributed by atoms with Crippen molar-refractivity contribution in [2.45, 2.75) is 37.5 Å². The molecule has 0 atom stereocenters. The van der Waals surface area contributed by atoms with E-state index in [0.717, 1.165) is 25.1 Å². The van der Waals surface area contributed by atoms with Crippen molar-refractivity contribution in [3.8, 4) is 0 Å². The van der Waals surface area contributed by atoms with Crippen LogP contribution < -0.4 is 0 Å². The first kappa shape index (κ1) is 13.5. The largest absolute Gasteiger partial charge is 0.480 e. The first-order valence-corrected chi connectivity index (χ1v) is 7.29. The van der Waals surface area contributed by atoms with Crippen LogP contribution in [0.25, 0.3) is 0 Å². The zero-order valence-electron chi connectivity index (χ0n) is 10.9. The van der Waals surface area contributed by atoms with E-state index in [2.05, 4.69) is 13.8 Å². The van der Waals surface area contributed by atoms with Gasteiger partial charge in [-0.05, 0) is 26.7 Å². The minimum absolute atomic E-state index is 0.0619. The lowest BCUT2D eigenvalue weighted by Gasteiger charge is -2.39. The molecule has 0 aromatic rings. The topological polar surface area (TPSA) is 60.9 Å². The Labute approximate surface area is 112 Å². The summed E-state index contributed by atoms with van der Waals surface area (Å²) in [6, 6.07) is 0.0413. The quantitative estimate of drug-likeness (QED) is 0.845. The van der Waals surface area contributed by atoms with Crippen molar-refractivity contribution in [1.29, 1.82) is 0 Å². The third-order valence-corrected chi connectivity index (χ3v) is 4.53. The molecule has 0 bridgehead atoms. The lowest BCUT2D eigenvalue weighted by atomic mass is 10.2. The zero-order chi connectivity index (χ0) is 13.3. The lowest BCUT2D eigenvalue weighted by molar-refractivity contribution is -0.137. The summed E-state index contributed by atoms with van der Waals surface area (Å²) in [5.41, 5.74) is 0. The average molecular weight is 272 g/mol. The number of amides is 2. The van der Waals surface area contributed by atoms with Gasteiger partial charge in [-0.1, -0.05) is 0 Å². The van der Waals surface area contributed by atoms with Crippen LogP contribution in [0.1, 0.15) is 26.7 Å². The minimum atomic E-state index is -0.930. The van der Waals surface area contributed by atoms with E-state index in [1.807, 2.05) is 11.8 Å². The van der Waals surface area contributed by atoms with Crippen molar-refractivity contribution in [2.24, 2.45) is 0 Å². The predicted octanol–water partition coefficient (Wildman–Crippen LogP) is 1.48. The summed E-state index contributed by atoms with van der Waals surface area (Å²) in [4.78, 5) is 26.5. The van der Waals surface area contributed by atoms with Crippen LogP contribution in [0.2, 0.25) is 0 Å². The Morgan fingerprint density at radius 1 is 1.44 bits per heavy atom. The van der Waals surface area contributed by atoms with Gasteiger partial charge in [0.25, 0.3) is 0 Å². The van der Waals surface area contributed by atoms with Crippen LogP contribution in [-0.4, -0.2) is 63.1 Å². The molecule has 1 aliphatic carbocycles. The molecule has 0 unspecified atom stereocenters. The van der Waals surface area contributed by atoms with Crippen LogP contribution in [0.3, 0.4) is 0 Å². The molecule has 1 N–H and O–H groups in total. The van der Waals surface area contributed by atoms with E-state index >= 15 is 0 Å². The lowest BCUT2D eigenvalue weighted by Crippen LogP contribution is -2.53. The molecule has 102 valence electrons. The van der Waals surface area contributed by atoms with Gasteiger partial charge in [0.15, 0.2) is 0 Å². The number of carbonyl (C=O) groups excluding carboxylic acids is 1. The minimum Gasteiger partial charge on any atom is -0.480 e. The Hall–Kier alpha value is -0.910. The Morgan fingerprint density at radius 3 is 2.61 bits per heavy atom. The maximum atomic E-state index is 12.4. The molecule has 1 saturated carbocycles. The summed E-state index contributed by atoms with van der Waals surface area (Å²) in [6.07, 6.45) is 1.87. The number of nitrogens with zero attached hydrogens (tertiary/aromatic N) is 2. The Kier molecular flexibility index (Phi) is 3.75. The van der Waals surface area contributed by atoms with E-state index in [-0.39, 0.29) is 23.4 Å². The Bertz CT molecular complexity index is 355. The molecule has 2 rings (SSSR count). The van der Waals surface area contributed by atoms with E-state index < -0.39 is 5.97 Å². The standard InChI is InChI=1S/C12H20N2O3S/c1-12(2)8-13(5-6-18-12)11(17)14(7-10(15)16)9-3-4-9/h9H,3-8H2,1-2H3,(H,15,16). The normalized spacial score (nSPS) is 22.7. The predicted molar refractivity (Wildman–Crippen MR) is 70.9 cm³/mol. The van der Waals surface area contributed by atoms with Crippen LogP contribution in [0.4, 0.5) is 4.79 Å². The van der Waals surface area contributed by atoms with Gasteiger partial charge in [-0.3, -0.25) is 4.79 Å². The van der Waals surface area contributed by atoms with Gasteiger partial charge in [-0.25, -0.2) is 4.79 Å². The molecular formula is C12H20N2O3S. The molecular weight excluding hydrogens is 252 g/mol. The highest BCUT2D eigenvalue weighted by Crippen LogP contribution is 2.32. The van der Waals surface area contributed by atoms with Gasteiger partial charge in [0.1, 0.15) is 6.54 Å². The van der Waals surface area contributed by atoms with Crippen molar-refractivity contribution < 1.29 is 14.7 Å². The first-order valence-electron chi connectivity index (χ1n) is 6.30. The fraction of sp³-hybridized carbons (Fsp3) is 0.833. The zero-order valence-corrected chi connectivity index (χ0v) is 11.7. The SMILES string of the molecule is CC1(C)CN(C(=O)N(CC(=O)O)C2CC2)CCS1. The smallest absolute Gasteiger partial charge is 0.323 e. The fourth-order valence-corrected chi connectivity index (χ4v) is 3.36.